The van der Waals surface area contributed by atoms with Crippen molar-refractivity contribution in [2.75, 3.05) is 6.54 Å². The Balaban J connectivity index is 0.000000456. The molecule has 0 saturated carbocycles. The van der Waals surface area contributed by atoms with Gasteiger partial charge in [-0.3, -0.25) is 24.1 Å². The standard InChI is InChI=1S/C10H12N2.C9H12.2C8H11N.C7H13NO.2C7H11N.2C6H10N2.CH4/c1-8(2)12-7-11-9-5-3-4-6-10(9)12;1-8(2)9-6-4-3-5-7-9;1-7(2)8-4-3-5-9-6-8;1-7(2)8-5-3-4-6-9-8;1-6(2)8-5-3-4-7(8)9;2*1-7(2)8-5-3-4-6-8;2*1-6(2)8-5-3-4-7-8;/h3-8H,1-2H3;3-8H,1-2H3;2*3-7H,1-2H3;6H,3-5H2,1-2H3;2*3-7H,1-2H3;2*3-6H,1-2H3;1H4. The Bertz CT molecular complexity index is 2540. The number of likely N-dealkylation sites (tertiary alicyclic amines) is 1. The molecule has 0 spiro atoms. The van der Waals surface area contributed by atoms with E-state index in [1.165, 1.54) is 16.6 Å². The second-order valence-electron chi connectivity index (χ2n) is 22.0. The number of hydrogen-bond acceptors (Lipinski definition) is 6. The fourth-order valence-corrected chi connectivity index (χ4v) is 7.43. The van der Waals surface area contributed by atoms with Gasteiger partial charge < -0.3 is 18.6 Å². The largest absolute Gasteiger partial charge is 0.352 e. The van der Waals surface area contributed by atoms with Crippen LogP contribution in [0.4, 0.5) is 0 Å². The molecule has 1 aliphatic rings. The molecule has 12 nitrogen and oxygen atoms in total. The Kier molecular flexibility index (Phi) is 36.1. The molecule has 10 rings (SSSR count). The minimum Gasteiger partial charge on any atom is -0.352 e. The van der Waals surface area contributed by atoms with Gasteiger partial charge in [0.1, 0.15) is 0 Å². The molecule has 0 radical (unpaired) electrons. The predicted octanol–water partition coefficient (Wildman–Crippen LogP) is 18.6. The molecule has 0 bridgehead atoms. The number of imidazole rings is 1. The number of aromatic nitrogens is 10. The predicted molar refractivity (Wildman–Crippen MR) is 345 cm³/mol. The summed E-state index contributed by atoms with van der Waals surface area (Å²) < 4.78 is 10.3. The van der Waals surface area contributed by atoms with Gasteiger partial charge in [-0.2, -0.15) is 10.2 Å². The first-order valence-electron chi connectivity index (χ1n) is 28.9. The van der Waals surface area contributed by atoms with E-state index in [2.05, 4.69) is 225 Å². The fourth-order valence-electron chi connectivity index (χ4n) is 7.43. The van der Waals surface area contributed by atoms with Crippen LogP contribution in [0.15, 0.2) is 196 Å². The molecular formula is C69H105N11O. The molecule has 1 saturated heterocycles. The summed E-state index contributed by atoms with van der Waals surface area (Å²) in [6.07, 6.45) is 25.1. The number of rotatable bonds is 9. The van der Waals surface area contributed by atoms with Crippen LogP contribution in [0, 0.1) is 0 Å². The van der Waals surface area contributed by atoms with E-state index in [1.807, 2.05) is 130 Å². The lowest BCUT2D eigenvalue weighted by Crippen LogP contribution is -2.31. The fraction of sp³-hybridized carbons (Fsp3) is 0.449. The topological polar surface area (TPSA) is 109 Å². The normalized spacial score (nSPS) is 11.3. The zero-order valence-electron chi connectivity index (χ0n) is 52.1. The van der Waals surface area contributed by atoms with Crippen LogP contribution >= 0.6 is 0 Å². The zero-order valence-corrected chi connectivity index (χ0v) is 52.1. The molecule has 8 heterocycles. The van der Waals surface area contributed by atoms with Gasteiger partial charge in [-0.05, 0) is 185 Å². The third-order valence-corrected chi connectivity index (χ3v) is 12.4. The molecule has 0 atom stereocenters. The highest BCUT2D eigenvalue weighted by molar-refractivity contribution is 5.78. The van der Waals surface area contributed by atoms with Gasteiger partial charge in [0.15, 0.2) is 0 Å². The van der Waals surface area contributed by atoms with Crippen molar-refractivity contribution in [1.82, 2.24) is 53.1 Å². The summed E-state index contributed by atoms with van der Waals surface area (Å²) in [4.78, 5) is 25.4. The van der Waals surface area contributed by atoms with Gasteiger partial charge >= 0.3 is 0 Å². The average Bonchev–Trinajstić information content (AvgIpc) is 4.38. The Morgan fingerprint density at radius 3 is 1.21 bits per heavy atom. The van der Waals surface area contributed by atoms with Gasteiger partial charge in [0.2, 0.25) is 5.91 Å². The van der Waals surface area contributed by atoms with E-state index < -0.39 is 0 Å². The number of para-hydroxylation sites is 2. The first-order valence-corrected chi connectivity index (χ1v) is 28.9. The lowest BCUT2D eigenvalue weighted by molar-refractivity contribution is -0.129. The number of fused-ring (bicyclic) bond motifs is 1. The summed E-state index contributed by atoms with van der Waals surface area (Å²) in [6, 6.07) is 43.9. The van der Waals surface area contributed by atoms with Gasteiger partial charge in [-0.1, -0.05) is 104 Å². The van der Waals surface area contributed by atoms with Crippen LogP contribution in [0.1, 0.15) is 210 Å². The van der Waals surface area contributed by atoms with Gasteiger partial charge in [-0.15, -0.1) is 0 Å². The first kappa shape index (κ1) is 71.7. The Morgan fingerprint density at radius 1 is 0.420 bits per heavy atom. The summed E-state index contributed by atoms with van der Waals surface area (Å²) in [5.41, 5.74) is 6.17. The van der Waals surface area contributed by atoms with Gasteiger partial charge in [-0.25, -0.2) is 4.98 Å². The van der Waals surface area contributed by atoms with Crippen molar-refractivity contribution in [2.45, 2.75) is 199 Å². The van der Waals surface area contributed by atoms with Crippen molar-refractivity contribution < 1.29 is 4.79 Å². The summed E-state index contributed by atoms with van der Waals surface area (Å²) in [5, 5.41) is 8.06. The van der Waals surface area contributed by atoms with E-state index in [0.29, 0.717) is 59.9 Å². The number of carbonyl (C=O) groups excluding carboxylic acids is 1. The first-order chi connectivity index (χ1) is 38.1. The molecule has 7 aromatic heterocycles. The second kappa shape index (κ2) is 40.8. The minimum atomic E-state index is 0. The lowest BCUT2D eigenvalue weighted by Gasteiger charge is -2.19. The number of carbonyl (C=O) groups is 1. The third-order valence-electron chi connectivity index (χ3n) is 12.4. The lowest BCUT2D eigenvalue weighted by atomic mass is 10.0. The second-order valence-corrected chi connectivity index (χ2v) is 22.0. The summed E-state index contributed by atoms with van der Waals surface area (Å²) in [5.74, 6) is 2.13. The number of benzene rings is 2. The molecule has 0 aliphatic carbocycles. The van der Waals surface area contributed by atoms with Crippen molar-refractivity contribution in [3.8, 4) is 0 Å². The maximum Gasteiger partial charge on any atom is 0.222 e. The van der Waals surface area contributed by atoms with E-state index in [0.717, 1.165) is 30.6 Å². The number of pyridine rings is 2. The monoisotopic (exact) mass is 1100 g/mol. The summed E-state index contributed by atoms with van der Waals surface area (Å²) in [6.45, 7) is 39.5. The third kappa shape index (κ3) is 29.6. The van der Waals surface area contributed by atoms with Crippen molar-refractivity contribution in [3.63, 3.8) is 0 Å². The van der Waals surface area contributed by atoms with E-state index in [1.54, 1.807) is 18.6 Å². The van der Waals surface area contributed by atoms with Crippen LogP contribution in [-0.2, 0) is 4.79 Å². The maximum absolute atomic E-state index is 10.9. The van der Waals surface area contributed by atoms with Crippen molar-refractivity contribution in [3.05, 3.63) is 213 Å². The van der Waals surface area contributed by atoms with Crippen LogP contribution in [0.25, 0.3) is 11.0 Å². The van der Waals surface area contributed by atoms with Crippen molar-refractivity contribution in [2.24, 2.45) is 0 Å². The molecule has 1 amide bonds. The molecular weight excluding hydrogens is 999 g/mol. The smallest absolute Gasteiger partial charge is 0.222 e. The van der Waals surface area contributed by atoms with Crippen LogP contribution in [-0.4, -0.2) is 71.6 Å². The molecule has 1 fully saturated rings. The number of amides is 1. The van der Waals surface area contributed by atoms with Crippen molar-refractivity contribution in [1.29, 1.82) is 0 Å². The van der Waals surface area contributed by atoms with Gasteiger partial charge in [0, 0.05) is 123 Å². The zero-order chi connectivity index (χ0) is 59.4. The molecule has 442 valence electrons. The molecule has 9 aromatic rings. The SMILES string of the molecule is C.CC(C)N1CCCC1=O.CC(C)c1ccccc1.CC(C)c1ccccn1.CC(C)c1cccnc1.CC(C)n1cccc1.CC(C)n1cccc1.CC(C)n1cccn1.CC(C)n1cccn1.CC(C)n1cnc2ccccc21. The molecule has 81 heavy (non-hydrogen) atoms. The van der Waals surface area contributed by atoms with Gasteiger partial charge in [0.05, 0.1) is 17.4 Å². The van der Waals surface area contributed by atoms with Crippen LogP contribution in [0.2, 0.25) is 0 Å². The van der Waals surface area contributed by atoms with E-state index in [9.17, 15) is 4.79 Å². The van der Waals surface area contributed by atoms with E-state index in [4.69, 9.17) is 0 Å². The Labute approximate surface area is 490 Å². The van der Waals surface area contributed by atoms with E-state index in [-0.39, 0.29) is 7.43 Å². The molecule has 1 aliphatic heterocycles. The molecule has 0 N–H and O–H groups in total. The highest BCUT2D eigenvalue weighted by atomic mass is 16.2. The Hall–Kier alpha value is -7.34. The maximum atomic E-state index is 10.9. The number of nitrogens with zero attached hydrogens (tertiary/aromatic N) is 11. The highest BCUT2D eigenvalue weighted by Gasteiger charge is 2.21. The summed E-state index contributed by atoms with van der Waals surface area (Å²) >= 11 is 0. The summed E-state index contributed by atoms with van der Waals surface area (Å²) in [7, 11) is 0. The Morgan fingerprint density at radius 2 is 0.914 bits per heavy atom. The van der Waals surface area contributed by atoms with Crippen LogP contribution in [0.5, 0.6) is 0 Å². The van der Waals surface area contributed by atoms with Crippen LogP contribution < -0.4 is 0 Å². The van der Waals surface area contributed by atoms with E-state index >= 15 is 0 Å². The number of hydrogen-bond donors (Lipinski definition) is 0. The minimum absolute atomic E-state index is 0. The van der Waals surface area contributed by atoms with Crippen LogP contribution in [0.3, 0.4) is 0 Å². The average molecular weight is 1100 g/mol. The molecule has 0 unspecified atom stereocenters. The quantitative estimate of drug-likeness (QED) is 0.142. The molecule has 12 heteroatoms. The highest BCUT2D eigenvalue weighted by Crippen LogP contribution is 2.17. The van der Waals surface area contributed by atoms with Gasteiger partial charge in [0.25, 0.3) is 0 Å². The van der Waals surface area contributed by atoms with Crippen molar-refractivity contribution >= 4 is 16.9 Å². The molecule has 2 aromatic carbocycles.